The Morgan fingerprint density at radius 3 is 2.41 bits per heavy atom. The molecule has 0 saturated carbocycles. The summed E-state index contributed by atoms with van der Waals surface area (Å²) in [6.07, 6.45) is 1.95. The third-order valence-corrected chi connectivity index (χ3v) is 7.04. The topological polar surface area (TPSA) is 53.4 Å². The Morgan fingerprint density at radius 1 is 1.14 bits per heavy atom. The number of carbonyl (C=O) groups is 1. The molecule has 0 radical (unpaired) electrons. The van der Waals surface area contributed by atoms with Crippen molar-refractivity contribution in [2.75, 3.05) is 13.1 Å². The summed E-state index contributed by atoms with van der Waals surface area (Å²) in [5, 5.41) is 10.6. The lowest BCUT2D eigenvalue weighted by molar-refractivity contribution is -0.147. The minimum absolute atomic E-state index is 0.207. The van der Waals surface area contributed by atoms with Crippen molar-refractivity contribution in [1.82, 2.24) is 9.88 Å². The molecule has 0 bridgehead atoms. The molecule has 1 aliphatic heterocycles. The quantitative estimate of drug-likeness (QED) is 0.508. The third-order valence-electron chi connectivity index (χ3n) is 4.93. The zero-order chi connectivity index (χ0) is 20.4. The van der Waals surface area contributed by atoms with Gasteiger partial charge in [-0.15, -0.1) is 23.1 Å². The van der Waals surface area contributed by atoms with E-state index >= 15 is 0 Å². The highest BCUT2D eigenvalue weighted by Crippen LogP contribution is 2.33. The average molecular weight is 425 g/mol. The number of aromatic nitrogens is 1. The van der Waals surface area contributed by atoms with Gasteiger partial charge in [-0.25, -0.2) is 4.98 Å². The number of aliphatic carboxylic acids is 1. The number of likely N-dealkylation sites (tertiary alicyclic amines) is 1. The van der Waals surface area contributed by atoms with Crippen molar-refractivity contribution in [3.63, 3.8) is 0 Å². The fourth-order valence-corrected chi connectivity index (χ4v) is 5.14. The van der Waals surface area contributed by atoms with Crippen LogP contribution >= 0.6 is 23.1 Å². The summed E-state index contributed by atoms with van der Waals surface area (Å²) in [5.41, 5.74) is 3.51. The molecular formula is C23H24N2O2S2. The van der Waals surface area contributed by atoms with Crippen LogP contribution in [0.1, 0.15) is 19.4 Å². The van der Waals surface area contributed by atoms with Gasteiger partial charge in [0.15, 0.2) is 0 Å². The minimum Gasteiger partial charge on any atom is -0.481 e. The zero-order valence-electron chi connectivity index (χ0n) is 16.5. The SMILES string of the molecule is CC(C)Sc1ccc(-c2cnc(-c3ccc(CN4CC(C(=O)O)C4)cc3)s2)cc1. The zero-order valence-corrected chi connectivity index (χ0v) is 18.2. The number of hydrogen-bond acceptors (Lipinski definition) is 5. The van der Waals surface area contributed by atoms with Crippen molar-refractivity contribution < 1.29 is 9.90 Å². The van der Waals surface area contributed by atoms with Gasteiger partial charge in [-0.3, -0.25) is 9.69 Å². The Hall–Kier alpha value is -2.15. The summed E-state index contributed by atoms with van der Waals surface area (Å²) in [6.45, 7) is 6.49. The van der Waals surface area contributed by atoms with Crippen molar-refractivity contribution in [2.24, 2.45) is 5.92 Å². The first-order valence-corrected chi connectivity index (χ1v) is 11.4. The molecule has 0 atom stereocenters. The van der Waals surface area contributed by atoms with Gasteiger partial charge in [-0.05, 0) is 23.3 Å². The maximum absolute atomic E-state index is 10.9. The van der Waals surface area contributed by atoms with E-state index in [1.54, 1.807) is 11.3 Å². The van der Waals surface area contributed by atoms with Gasteiger partial charge in [-0.1, -0.05) is 50.2 Å². The fourth-order valence-electron chi connectivity index (χ4n) is 3.38. The van der Waals surface area contributed by atoms with Crippen molar-refractivity contribution in [3.05, 3.63) is 60.3 Å². The number of thioether (sulfide) groups is 1. The molecule has 1 aliphatic rings. The number of benzene rings is 2. The Labute approximate surface area is 179 Å². The molecule has 3 aromatic rings. The molecule has 6 heteroatoms. The van der Waals surface area contributed by atoms with Crippen molar-refractivity contribution in [2.45, 2.75) is 30.5 Å². The van der Waals surface area contributed by atoms with Crippen LogP contribution in [-0.2, 0) is 11.3 Å². The number of thiazole rings is 1. The van der Waals surface area contributed by atoms with Crippen LogP contribution in [0.3, 0.4) is 0 Å². The normalized spacial score (nSPS) is 14.9. The number of hydrogen-bond donors (Lipinski definition) is 1. The van der Waals surface area contributed by atoms with E-state index in [2.05, 4.69) is 72.3 Å². The molecular weight excluding hydrogens is 400 g/mol. The summed E-state index contributed by atoms with van der Waals surface area (Å²) in [5.74, 6) is -0.898. The maximum atomic E-state index is 10.9. The van der Waals surface area contributed by atoms with Crippen LogP contribution in [0.5, 0.6) is 0 Å². The highest BCUT2D eigenvalue weighted by Gasteiger charge is 2.32. The van der Waals surface area contributed by atoms with Crippen LogP contribution < -0.4 is 0 Å². The van der Waals surface area contributed by atoms with Gasteiger partial charge >= 0.3 is 5.97 Å². The second-order valence-corrected chi connectivity index (χ2v) is 10.3. The van der Waals surface area contributed by atoms with Crippen LogP contribution in [0, 0.1) is 5.92 Å². The van der Waals surface area contributed by atoms with E-state index in [1.165, 1.54) is 20.9 Å². The maximum Gasteiger partial charge on any atom is 0.309 e. The summed E-state index contributed by atoms with van der Waals surface area (Å²) in [4.78, 5) is 20.2. The molecule has 1 aromatic heterocycles. The number of nitrogens with zero attached hydrogens (tertiary/aromatic N) is 2. The lowest BCUT2D eigenvalue weighted by Crippen LogP contribution is -2.49. The van der Waals surface area contributed by atoms with Gasteiger partial charge in [-0.2, -0.15) is 0 Å². The lowest BCUT2D eigenvalue weighted by atomic mass is 9.99. The Balaban J connectivity index is 1.39. The molecule has 2 heterocycles. The van der Waals surface area contributed by atoms with Crippen LogP contribution in [0.25, 0.3) is 21.0 Å². The van der Waals surface area contributed by atoms with Gasteiger partial charge in [0.2, 0.25) is 0 Å². The third kappa shape index (κ3) is 4.89. The molecule has 0 amide bonds. The summed E-state index contributed by atoms with van der Waals surface area (Å²) in [7, 11) is 0. The monoisotopic (exact) mass is 424 g/mol. The molecule has 1 saturated heterocycles. The van der Waals surface area contributed by atoms with Crippen LogP contribution in [0.15, 0.2) is 59.6 Å². The van der Waals surface area contributed by atoms with E-state index in [9.17, 15) is 4.79 Å². The van der Waals surface area contributed by atoms with Crippen molar-refractivity contribution in [3.8, 4) is 21.0 Å². The fraction of sp³-hybridized carbons (Fsp3) is 0.304. The van der Waals surface area contributed by atoms with E-state index in [4.69, 9.17) is 5.11 Å². The molecule has 1 fully saturated rings. The molecule has 4 rings (SSSR count). The standard InChI is InChI=1S/C23H24N2O2S2/c1-15(2)28-20-9-7-17(8-10-20)21-11-24-22(29-21)18-5-3-16(4-6-18)12-25-13-19(14-25)23(26)27/h3-11,15,19H,12-14H2,1-2H3,(H,26,27). The van der Waals surface area contributed by atoms with Gasteiger partial charge in [0.1, 0.15) is 5.01 Å². The molecule has 29 heavy (non-hydrogen) atoms. The summed E-state index contributed by atoms with van der Waals surface area (Å²) < 4.78 is 0. The predicted molar refractivity (Wildman–Crippen MR) is 120 cm³/mol. The smallest absolute Gasteiger partial charge is 0.309 e. The number of carboxylic acid groups (broad SMARTS) is 1. The molecule has 0 spiro atoms. The molecule has 2 aromatic carbocycles. The first kappa shape index (κ1) is 20.1. The molecule has 150 valence electrons. The number of carboxylic acids is 1. The van der Waals surface area contributed by atoms with E-state index in [-0.39, 0.29) is 5.92 Å². The van der Waals surface area contributed by atoms with Gasteiger partial charge in [0, 0.05) is 41.5 Å². The lowest BCUT2D eigenvalue weighted by Gasteiger charge is -2.36. The van der Waals surface area contributed by atoms with Gasteiger partial charge in [0.25, 0.3) is 0 Å². The Morgan fingerprint density at radius 2 is 1.79 bits per heavy atom. The van der Waals surface area contributed by atoms with Crippen molar-refractivity contribution >= 4 is 29.1 Å². The van der Waals surface area contributed by atoms with E-state index in [0.717, 1.165) is 17.1 Å². The largest absolute Gasteiger partial charge is 0.481 e. The molecule has 0 aliphatic carbocycles. The second kappa shape index (κ2) is 8.69. The Kier molecular flexibility index (Phi) is 6.04. The average Bonchev–Trinajstić information content (AvgIpc) is 3.15. The minimum atomic E-state index is -0.690. The first-order valence-electron chi connectivity index (χ1n) is 9.75. The van der Waals surface area contributed by atoms with Crippen LogP contribution in [0.2, 0.25) is 0 Å². The van der Waals surface area contributed by atoms with Crippen LogP contribution in [0.4, 0.5) is 0 Å². The molecule has 4 nitrogen and oxygen atoms in total. The van der Waals surface area contributed by atoms with E-state index < -0.39 is 5.97 Å². The number of rotatable bonds is 7. The second-order valence-electron chi connectivity index (χ2n) is 7.65. The Bertz CT molecular complexity index is 975. The van der Waals surface area contributed by atoms with Gasteiger partial charge < -0.3 is 5.11 Å². The highest BCUT2D eigenvalue weighted by molar-refractivity contribution is 7.99. The van der Waals surface area contributed by atoms with E-state index in [0.29, 0.717) is 18.3 Å². The van der Waals surface area contributed by atoms with Gasteiger partial charge in [0.05, 0.1) is 10.8 Å². The molecule has 1 N–H and O–H groups in total. The summed E-state index contributed by atoms with van der Waals surface area (Å²) >= 11 is 3.58. The van der Waals surface area contributed by atoms with Crippen LogP contribution in [-0.4, -0.2) is 39.3 Å². The summed E-state index contributed by atoms with van der Waals surface area (Å²) in [6, 6.07) is 17.1. The first-order chi connectivity index (χ1) is 14.0. The van der Waals surface area contributed by atoms with E-state index in [1.807, 2.05) is 18.0 Å². The molecule has 0 unspecified atom stereocenters. The predicted octanol–water partition coefficient (Wildman–Crippen LogP) is 5.49. The van der Waals surface area contributed by atoms with Crippen molar-refractivity contribution in [1.29, 1.82) is 0 Å². The highest BCUT2D eigenvalue weighted by atomic mass is 32.2.